The summed E-state index contributed by atoms with van der Waals surface area (Å²) in [5.74, 6) is -0.786. The molecule has 0 radical (unpaired) electrons. The molecule has 4 heterocycles. The Balaban J connectivity index is 0.857. The minimum absolute atomic E-state index is 0.0240. The molecule has 2 saturated carbocycles. The number of piperidine rings is 1. The van der Waals surface area contributed by atoms with Crippen molar-refractivity contribution in [2.75, 3.05) is 20.8 Å². The van der Waals surface area contributed by atoms with Gasteiger partial charge in [0.1, 0.15) is 0 Å². The highest BCUT2D eigenvalue weighted by Gasteiger charge is 2.56. The number of fused-ring (bicyclic) bond motifs is 3. The molecule has 346 valence electrons. The average Bonchev–Trinajstić information content (AvgIpc) is 4.06. The van der Waals surface area contributed by atoms with E-state index in [9.17, 15) is 19.2 Å². The summed E-state index contributed by atoms with van der Waals surface area (Å²) in [7, 11) is 2.77. The summed E-state index contributed by atoms with van der Waals surface area (Å²) in [5, 5.41) is 0. The van der Waals surface area contributed by atoms with Crippen LogP contribution in [0.25, 0.3) is 27.8 Å². The van der Waals surface area contributed by atoms with Gasteiger partial charge < -0.3 is 19.3 Å². The van der Waals surface area contributed by atoms with Crippen molar-refractivity contribution in [1.29, 1.82) is 0 Å². The molecule has 4 aliphatic heterocycles. The Morgan fingerprint density at radius 1 is 0.712 bits per heavy atom. The number of carbonyl (C=O) groups is 4. The summed E-state index contributed by atoms with van der Waals surface area (Å²) in [6.07, 6.45) is 14.8. The second kappa shape index (κ2) is 17.7. The van der Waals surface area contributed by atoms with Crippen LogP contribution in [0.1, 0.15) is 121 Å². The highest BCUT2D eigenvalue weighted by atomic mass is 16.5. The lowest BCUT2D eigenvalue weighted by Crippen LogP contribution is -2.47. The van der Waals surface area contributed by atoms with Gasteiger partial charge in [0.15, 0.2) is 0 Å². The monoisotopic (exact) mass is 890 g/mol. The Bertz CT molecular complexity index is 2550. The first-order valence-electron chi connectivity index (χ1n) is 24.8. The van der Waals surface area contributed by atoms with Crippen LogP contribution >= 0.6 is 0 Å². The first kappa shape index (κ1) is 44.5. The van der Waals surface area contributed by atoms with Crippen LogP contribution in [0.3, 0.4) is 0 Å². The second-order valence-corrected chi connectivity index (χ2v) is 21.3. The fourth-order valence-electron chi connectivity index (χ4n) is 12.8. The van der Waals surface area contributed by atoms with Gasteiger partial charge in [-0.05, 0) is 137 Å². The molecule has 6 atom stereocenters. The van der Waals surface area contributed by atoms with E-state index >= 15 is 0 Å². The smallest absolute Gasteiger partial charge is 0.306 e. The zero-order valence-corrected chi connectivity index (χ0v) is 39.7. The Hall–Kier alpha value is -5.38. The summed E-state index contributed by atoms with van der Waals surface area (Å²) >= 11 is 0. The first-order chi connectivity index (χ1) is 31.8. The van der Waals surface area contributed by atoms with Crippen LogP contribution in [0.2, 0.25) is 0 Å². The van der Waals surface area contributed by atoms with E-state index < -0.39 is 11.8 Å². The number of benzene rings is 3. The van der Waals surface area contributed by atoms with E-state index in [0.29, 0.717) is 24.3 Å². The molecule has 10 heteroatoms. The molecule has 2 unspecified atom stereocenters. The second-order valence-electron chi connectivity index (χ2n) is 21.3. The molecular weight excluding hydrogens is 825 g/mol. The van der Waals surface area contributed by atoms with Crippen molar-refractivity contribution in [2.24, 2.45) is 45.0 Å². The predicted octanol–water partition coefficient (Wildman–Crippen LogP) is 10.1. The van der Waals surface area contributed by atoms with Gasteiger partial charge in [-0.2, -0.15) is 0 Å². The number of rotatable bonds is 13. The van der Waals surface area contributed by atoms with Crippen molar-refractivity contribution in [3.05, 3.63) is 83.1 Å². The topological polar surface area (TPSA) is 118 Å². The SMILES string of the molecule is COC(=O)C[C@H](C(=O)N1CCC[C@H]1C1=NC=C(c2ccc(-c3ccc(-c4ccc5c(c4)CC([C@@H]4CC6CC6N4C(=O)[C@@H](CC(=O)OC)C(C)C)=N5)c4c3CC3(CCCC3)C4)cc2)C1)C(C)C. The van der Waals surface area contributed by atoms with Crippen LogP contribution < -0.4 is 0 Å². The number of aliphatic imine (C=N–C) groups is 2. The van der Waals surface area contributed by atoms with Gasteiger partial charge in [0.25, 0.3) is 0 Å². The van der Waals surface area contributed by atoms with Gasteiger partial charge in [-0.1, -0.05) is 83.0 Å². The third-order valence-electron chi connectivity index (χ3n) is 16.7. The van der Waals surface area contributed by atoms with Gasteiger partial charge in [0.05, 0.1) is 56.7 Å². The van der Waals surface area contributed by atoms with E-state index in [1.165, 1.54) is 84.4 Å². The number of allylic oxidation sites excluding steroid dienone is 1. The van der Waals surface area contributed by atoms with Crippen LogP contribution in [-0.2, 0) is 47.9 Å². The lowest BCUT2D eigenvalue weighted by Gasteiger charge is -2.32. The number of hydrogen-bond acceptors (Lipinski definition) is 8. The normalized spacial score (nSPS) is 24.3. The molecule has 3 aliphatic carbocycles. The van der Waals surface area contributed by atoms with Crippen LogP contribution in [-0.4, -0.2) is 83.9 Å². The van der Waals surface area contributed by atoms with Crippen molar-refractivity contribution in [2.45, 2.75) is 136 Å². The average molecular weight is 891 g/mol. The number of hydrogen-bond donors (Lipinski definition) is 0. The predicted molar refractivity (Wildman–Crippen MR) is 258 cm³/mol. The van der Waals surface area contributed by atoms with Crippen LogP contribution in [0.4, 0.5) is 5.69 Å². The standard InChI is InChI=1S/C56H66N4O6/c1-32(2)42(27-52(61)65-5)54(63)59-21-9-10-49(59)47-24-39(31-57-47)34-11-13-35(14-12-34)40-16-17-41(45-30-56(29-44(40)45)19-7-8-20-56)36-15-18-46-37(22-36)23-48(58-46)51-26-38-25-50(38)60(51)55(64)43(33(3)4)28-53(62)66-6/h11-18,22,31-33,38,42-43,49-51H,7-10,19-21,23-30H2,1-6H3/t38?,42-,43-,49-,50?,51-/m0/s1. The lowest BCUT2D eigenvalue weighted by atomic mass is 9.82. The van der Waals surface area contributed by atoms with E-state index in [-0.39, 0.29) is 66.6 Å². The summed E-state index contributed by atoms with van der Waals surface area (Å²) in [6, 6.07) is 20.7. The first-order valence-corrected chi connectivity index (χ1v) is 24.8. The quantitative estimate of drug-likeness (QED) is 0.158. The maximum Gasteiger partial charge on any atom is 0.306 e. The highest BCUT2D eigenvalue weighted by molar-refractivity contribution is 6.04. The minimum atomic E-state index is -0.404. The molecule has 0 aromatic heterocycles. The number of nitrogens with zero attached hydrogens (tertiary/aromatic N) is 4. The molecule has 2 amide bonds. The van der Waals surface area contributed by atoms with Gasteiger partial charge in [-0.3, -0.25) is 29.2 Å². The van der Waals surface area contributed by atoms with Crippen molar-refractivity contribution in [1.82, 2.24) is 9.80 Å². The molecular formula is C56H66N4O6. The van der Waals surface area contributed by atoms with E-state index in [1.807, 2.05) is 38.8 Å². The molecule has 3 aromatic carbocycles. The van der Waals surface area contributed by atoms with Crippen molar-refractivity contribution < 1.29 is 28.7 Å². The Morgan fingerprint density at radius 3 is 1.98 bits per heavy atom. The summed E-state index contributed by atoms with van der Waals surface area (Å²) in [6.45, 7) is 8.74. The van der Waals surface area contributed by atoms with E-state index in [4.69, 9.17) is 19.5 Å². The lowest BCUT2D eigenvalue weighted by molar-refractivity contribution is -0.148. The molecule has 66 heavy (non-hydrogen) atoms. The number of methoxy groups -OCH3 is 2. The van der Waals surface area contributed by atoms with Crippen molar-refractivity contribution >= 4 is 46.4 Å². The number of amides is 2. The molecule has 1 spiro atoms. The molecule has 7 aliphatic rings. The van der Waals surface area contributed by atoms with Gasteiger partial charge in [-0.15, -0.1) is 0 Å². The fourth-order valence-corrected chi connectivity index (χ4v) is 12.8. The number of esters is 2. The van der Waals surface area contributed by atoms with Crippen LogP contribution in [0, 0.1) is 35.0 Å². The summed E-state index contributed by atoms with van der Waals surface area (Å²) in [4.78, 5) is 66.7. The number of carbonyl (C=O) groups excluding carboxylic acids is 4. The van der Waals surface area contributed by atoms with Gasteiger partial charge in [0.2, 0.25) is 11.8 Å². The van der Waals surface area contributed by atoms with Crippen LogP contribution in [0.15, 0.2) is 70.8 Å². The molecule has 0 N–H and O–H groups in total. The Kier molecular flexibility index (Phi) is 11.9. The minimum Gasteiger partial charge on any atom is -0.469 e. The largest absolute Gasteiger partial charge is 0.469 e. The third kappa shape index (κ3) is 8.14. The molecule has 10 nitrogen and oxygen atoms in total. The zero-order valence-electron chi connectivity index (χ0n) is 39.7. The zero-order chi connectivity index (χ0) is 46.0. The van der Waals surface area contributed by atoms with Gasteiger partial charge in [0, 0.05) is 43.1 Å². The molecule has 10 rings (SSSR count). The summed E-state index contributed by atoms with van der Waals surface area (Å²) in [5.41, 5.74) is 15.1. The van der Waals surface area contributed by atoms with E-state index in [2.05, 4.69) is 59.5 Å². The molecule has 2 saturated heterocycles. The fraction of sp³-hybridized carbons (Fsp3) is 0.536. The Morgan fingerprint density at radius 2 is 1.33 bits per heavy atom. The highest BCUT2D eigenvalue weighted by Crippen LogP contribution is 2.54. The maximum absolute atomic E-state index is 14.2. The maximum atomic E-state index is 14.2. The van der Waals surface area contributed by atoms with Crippen LogP contribution in [0.5, 0.6) is 0 Å². The van der Waals surface area contributed by atoms with E-state index in [1.54, 1.807) is 0 Å². The number of ether oxygens (including phenoxy) is 2. The van der Waals surface area contributed by atoms with E-state index in [0.717, 1.165) is 67.6 Å². The molecule has 3 aromatic rings. The third-order valence-corrected chi connectivity index (χ3v) is 16.7. The van der Waals surface area contributed by atoms with Crippen molar-refractivity contribution in [3.63, 3.8) is 0 Å². The molecule has 0 bridgehead atoms. The van der Waals surface area contributed by atoms with Gasteiger partial charge >= 0.3 is 11.9 Å². The summed E-state index contributed by atoms with van der Waals surface area (Å²) < 4.78 is 9.92. The van der Waals surface area contributed by atoms with Gasteiger partial charge in [-0.25, -0.2) is 0 Å². The Labute approximate surface area is 390 Å². The number of likely N-dealkylation sites (tertiary alicyclic amines) is 2. The van der Waals surface area contributed by atoms with Crippen molar-refractivity contribution in [3.8, 4) is 22.3 Å². The molecule has 4 fully saturated rings.